The molecule has 0 spiro atoms. The van der Waals surface area contributed by atoms with E-state index in [0.29, 0.717) is 0 Å². The molecule has 31 heavy (non-hydrogen) atoms. The number of hydrogen-bond donors (Lipinski definition) is 0. The van der Waals surface area contributed by atoms with E-state index < -0.39 is 0 Å². The van der Waals surface area contributed by atoms with Crippen LogP contribution in [0.15, 0.2) is 12.2 Å². The molecule has 0 saturated carbocycles. The highest BCUT2D eigenvalue weighted by Gasteiger charge is 1.95. The summed E-state index contributed by atoms with van der Waals surface area (Å²) in [6.45, 7) is 4.60. The van der Waals surface area contributed by atoms with Gasteiger partial charge in [0, 0.05) is 0 Å². The van der Waals surface area contributed by atoms with Gasteiger partial charge in [0.05, 0.1) is 0 Å². The summed E-state index contributed by atoms with van der Waals surface area (Å²) in [6, 6.07) is 0. The van der Waals surface area contributed by atoms with Gasteiger partial charge in [-0.15, -0.1) is 0 Å². The Balaban J connectivity index is 3.04. The summed E-state index contributed by atoms with van der Waals surface area (Å²) in [4.78, 5) is 0. The van der Waals surface area contributed by atoms with Gasteiger partial charge in [0.1, 0.15) is 0 Å². The Hall–Kier alpha value is -0.260. The largest absolute Gasteiger partial charge is 0.0885 e. The Morgan fingerprint density at radius 3 is 0.677 bits per heavy atom. The van der Waals surface area contributed by atoms with Gasteiger partial charge in [-0.3, -0.25) is 0 Å². The fourth-order valence-electron chi connectivity index (χ4n) is 4.62. The molecule has 0 N–H and O–H groups in total. The summed E-state index contributed by atoms with van der Waals surface area (Å²) < 4.78 is 0. The van der Waals surface area contributed by atoms with Crippen LogP contribution in [0.25, 0.3) is 0 Å². The maximum atomic E-state index is 2.45. The van der Waals surface area contributed by atoms with Crippen LogP contribution in [0.4, 0.5) is 0 Å². The highest BCUT2D eigenvalue weighted by Crippen LogP contribution is 2.15. The fraction of sp³-hybridized carbons (Fsp3) is 0.935. The van der Waals surface area contributed by atoms with Gasteiger partial charge < -0.3 is 0 Å². The highest BCUT2D eigenvalue weighted by atomic mass is 14.0. The summed E-state index contributed by atoms with van der Waals surface area (Å²) in [5.41, 5.74) is 0. The molecular weight excluding hydrogens is 372 g/mol. The van der Waals surface area contributed by atoms with Crippen molar-refractivity contribution < 1.29 is 0 Å². The second-order valence-electron chi connectivity index (χ2n) is 10.2. The zero-order valence-corrected chi connectivity index (χ0v) is 22.2. The van der Waals surface area contributed by atoms with Gasteiger partial charge in [-0.05, 0) is 25.7 Å². The summed E-state index contributed by atoms with van der Waals surface area (Å²) in [7, 11) is 0. The van der Waals surface area contributed by atoms with Crippen LogP contribution in [0.5, 0.6) is 0 Å². The van der Waals surface area contributed by atoms with Crippen molar-refractivity contribution in [3.63, 3.8) is 0 Å². The lowest BCUT2D eigenvalue weighted by Crippen LogP contribution is -1.84. The molecule has 0 aliphatic carbocycles. The van der Waals surface area contributed by atoms with Crippen molar-refractivity contribution in [1.29, 1.82) is 0 Å². The molecule has 0 aromatic carbocycles. The number of unbranched alkanes of at least 4 members (excludes halogenated alkanes) is 25. The van der Waals surface area contributed by atoms with Crippen molar-refractivity contribution in [2.24, 2.45) is 0 Å². The molecule has 0 heteroatoms. The normalized spacial score (nSPS) is 11.7. The molecule has 0 saturated heterocycles. The van der Waals surface area contributed by atoms with Crippen molar-refractivity contribution in [2.75, 3.05) is 0 Å². The Labute approximate surface area is 199 Å². The van der Waals surface area contributed by atoms with E-state index in [-0.39, 0.29) is 0 Å². The molecule has 0 amide bonds. The second-order valence-corrected chi connectivity index (χ2v) is 10.2. The van der Waals surface area contributed by atoms with E-state index in [2.05, 4.69) is 26.0 Å². The molecule has 0 unspecified atom stereocenters. The molecule has 0 heterocycles. The molecule has 0 rings (SSSR count). The van der Waals surface area contributed by atoms with Crippen molar-refractivity contribution >= 4 is 0 Å². The highest BCUT2D eigenvalue weighted by molar-refractivity contribution is 4.81. The number of rotatable bonds is 27. The zero-order valence-electron chi connectivity index (χ0n) is 22.2. The van der Waals surface area contributed by atoms with Gasteiger partial charge in [-0.1, -0.05) is 174 Å². The topological polar surface area (TPSA) is 0 Å². The minimum Gasteiger partial charge on any atom is -0.0885 e. The molecule has 186 valence electrons. The molecule has 0 aliphatic heterocycles. The minimum absolute atomic E-state index is 1.31. The van der Waals surface area contributed by atoms with Crippen LogP contribution in [0.1, 0.15) is 187 Å². The van der Waals surface area contributed by atoms with Gasteiger partial charge in [-0.2, -0.15) is 0 Å². The molecule has 0 aromatic heterocycles. The van der Waals surface area contributed by atoms with Crippen LogP contribution in [0.3, 0.4) is 0 Å². The second kappa shape index (κ2) is 29.7. The number of hydrogen-bond acceptors (Lipinski definition) is 0. The third kappa shape index (κ3) is 29.7. The molecule has 0 atom stereocenters. The van der Waals surface area contributed by atoms with Crippen LogP contribution in [0, 0.1) is 0 Å². The van der Waals surface area contributed by atoms with Gasteiger partial charge >= 0.3 is 0 Å². The Morgan fingerprint density at radius 1 is 0.258 bits per heavy atom. The third-order valence-corrected chi connectivity index (χ3v) is 6.87. The van der Waals surface area contributed by atoms with E-state index in [9.17, 15) is 0 Å². The van der Waals surface area contributed by atoms with Gasteiger partial charge in [-0.25, -0.2) is 0 Å². The molecular formula is C31H62. The Kier molecular flexibility index (Phi) is 29.5. The monoisotopic (exact) mass is 434 g/mol. The smallest absolute Gasteiger partial charge is 0.0351 e. The van der Waals surface area contributed by atoms with Crippen molar-refractivity contribution in [2.45, 2.75) is 187 Å². The maximum absolute atomic E-state index is 2.45. The molecule has 0 bridgehead atoms. The predicted molar refractivity (Wildman–Crippen MR) is 145 cm³/mol. The average Bonchev–Trinajstić information content (AvgIpc) is 2.78. The average molecular weight is 435 g/mol. The van der Waals surface area contributed by atoms with Crippen molar-refractivity contribution in [3.05, 3.63) is 12.2 Å². The summed E-state index contributed by atoms with van der Waals surface area (Å²) in [5.74, 6) is 0. The first-order valence-corrected chi connectivity index (χ1v) is 15.1. The van der Waals surface area contributed by atoms with Crippen LogP contribution in [0.2, 0.25) is 0 Å². The molecule has 0 fully saturated rings. The summed E-state index contributed by atoms with van der Waals surface area (Å²) in [5, 5.41) is 0. The van der Waals surface area contributed by atoms with Gasteiger partial charge in [0.25, 0.3) is 0 Å². The number of allylic oxidation sites excluding steroid dienone is 2. The van der Waals surface area contributed by atoms with E-state index in [1.54, 1.807) is 0 Å². The Bertz CT molecular complexity index is 316. The van der Waals surface area contributed by atoms with Crippen LogP contribution < -0.4 is 0 Å². The Morgan fingerprint density at radius 2 is 0.452 bits per heavy atom. The lowest BCUT2D eigenvalue weighted by Gasteiger charge is -2.03. The lowest BCUT2D eigenvalue weighted by molar-refractivity contribution is 0.525. The quantitative estimate of drug-likeness (QED) is 0.0890. The van der Waals surface area contributed by atoms with Crippen molar-refractivity contribution in [1.82, 2.24) is 0 Å². The predicted octanol–water partition coefficient (Wildman–Crippen LogP) is 12.1. The van der Waals surface area contributed by atoms with Crippen molar-refractivity contribution in [3.8, 4) is 0 Å². The van der Waals surface area contributed by atoms with E-state index in [0.717, 1.165) is 0 Å². The SMILES string of the molecule is CCCCCCCCC/C=C\CCCCCCCCCCCCCCCCCCCC. The fourth-order valence-corrected chi connectivity index (χ4v) is 4.62. The van der Waals surface area contributed by atoms with Crippen LogP contribution >= 0.6 is 0 Å². The first-order valence-electron chi connectivity index (χ1n) is 15.1. The lowest BCUT2D eigenvalue weighted by atomic mass is 10.0. The first-order chi connectivity index (χ1) is 15.4. The maximum Gasteiger partial charge on any atom is -0.0351 e. The molecule has 0 aromatic rings. The van der Waals surface area contributed by atoms with Gasteiger partial charge in [0.15, 0.2) is 0 Å². The van der Waals surface area contributed by atoms with E-state index in [1.165, 1.54) is 173 Å². The molecule has 0 nitrogen and oxygen atoms in total. The van der Waals surface area contributed by atoms with E-state index >= 15 is 0 Å². The summed E-state index contributed by atoms with van der Waals surface area (Å²) >= 11 is 0. The van der Waals surface area contributed by atoms with Crippen LogP contribution in [-0.2, 0) is 0 Å². The van der Waals surface area contributed by atoms with E-state index in [1.807, 2.05) is 0 Å². The van der Waals surface area contributed by atoms with E-state index in [4.69, 9.17) is 0 Å². The summed E-state index contributed by atoms with van der Waals surface area (Å²) in [6.07, 6.45) is 43.9. The van der Waals surface area contributed by atoms with Gasteiger partial charge in [0.2, 0.25) is 0 Å². The minimum atomic E-state index is 1.31. The zero-order chi connectivity index (χ0) is 22.5. The third-order valence-electron chi connectivity index (χ3n) is 6.87. The standard InChI is InChI=1S/C31H62/c1-3-5-7-9-11-13-15-17-19-21-23-25-27-29-31-30-28-26-24-22-20-18-16-14-12-10-8-6-4-2/h19,21H,3-18,20,22-31H2,1-2H3/b21-19-. The molecule has 0 radical (unpaired) electrons. The first kappa shape index (κ1) is 30.7. The van der Waals surface area contributed by atoms with Crippen LogP contribution in [-0.4, -0.2) is 0 Å². The molecule has 0 aliphatic rings.